The fourth-order valence-corrected chi connectivity index (χ4v) is 2.37. The normalized spacial score (nSPS) is 17.7. The molecule has 2 unspecified atom stereocenters. The van der Waals surface area contributed by atoms with Crippen molar-refractivity contribution >= 4 is 0 Å². The van der Waals surface area contributed by atoms with Crippen molar-refractivity contribution in [3.05, 3.63) is 0 Å². The van der Waals surface area contributed by atoms with Crippen LogP contribution in [0.5, 0.6) is 0 Å². The first-order valence-corrected chi connectivity index (χ1v) is 9.35. The summed E-state index contributed by atoms with van der Waals surface area (Å²) in [6.07, 6.45) is -13.5. The van der Waals surface area contributed by atoms with Crippen LogP contribution in [0.3, 0.4) is 0 Å². The molecule has 0 spiro atoms. The van der Waals surface area contributed by atoms with Crippen LogP contribution in [-0.2, 0) is 0 Å². The largest absolute Gasteiger partial charge is 0.460 e. The van der Waals surface area contributed by atoms with Crippen molar-refractivity contribution in [2.75, 3.05) is 6.54 Å². The maximum Gasteiger partial charge on any atom is 0.460 e. The van der Waals surface area contributed by atoms with Crippen LogP contribution in [0.1, 0.15) is 26.7 Å². The molecule has 2 nitrogen and oxygen atoms in total. The van der Waals surface area contributed by atoms with Gasteiger partial charge in [0, 0.05) is 19.0 Å². The Hall–Kier alpha value is -1.41. The number of nitrogens with one attached hydrogen (secondary N) is 1. The molecule has 0 saturated heterocycles. The number of halogens is 19. The first-order valence-electron chi connectivity index (χ1n) is 9.35. The van der Waals surface area contributed by atoms with Gasteiger partial charge in [-0.1, -0.05) is 6.92 Å². The van der Waals surface area contributed by atoms with E-state index in [0.29, 0.717) is 0 Å². The number of alkyl halides is 19. The van der Waals surface area contributed by atoms with E-state index in [1.165, 1.54) is 13.8 Å². The minimum Gasteiger partial charge on any atom is -0.392 e. The monoisotopic (exact) mass is 599 g/mol. The summed E-state index contributed by atoms with van der Waals surface area (Å²) in [5.41, 5.74) is 0. The predicted octanol–water partition coefficient (Wildman–Crippen LogP) is 6.77. The summed E-state index contributed by atoms with van der Waals surface area (Å²) >= 11 is 0. The second-order valence-electron chi connectivity index (χ2n) is 7.80. The van der Waals surface area contributed by atoms with Gasteiger partial charge in [-0.25, -0.2) is 0 Å². The molecular weight excluding hydrogens is 583 g/mol. The molecule has 0 saturated carbocycles. The predicted molar refractivity (Wildman–Crippen MR) is 84.0 cm³/mol. The van der Waals surface area contributed by atoms with Crippen molar-refractivity contribution in [1.29, 1.82) is 0 Å². The summed E-state index contributed by atoms with van der Waals surface area (Å²) in [5.74, 6) is -66.9. The number of hydrogen-bond acceptors (Lipinski definition) is 2. The molecule has 0 aromatic heterocycles. The molecule has 0 amide bonds. The van der Waals surface area contributed by atoms with E-state index in [1.54, 1.807) is 0 Å². The van der Waals surface area contributed by atoms with E-state index in [4.69, 9.17) is 0 Å². The van der Waals surface area contributed by atoms with E-state index in [1.807, 2.05) is 0 Å². The molecule has 2 N–H and O–H groups in total. The zero-order chi connectivity index (χ0) is 30.5. The van der Waals surface area contributed by atoms with Crippen LogP contribution in [0.25, 0.3) is 0 Å². The minimum atomic E-state index is -8.95. The Morgan fingerprint density at radius 2 is 0.838 bits per heavy atom. The quantitative estimate of drug-likeness (QED) is 0.229. The van der Waals surface area contributed by atoms with Gasteiger partial charge < -0.3 is 10.4 Å². The Morgan fingerprint density at radius 1 is 0.541 bits per heavy atom. The van der Waals surface area contributed by atoms with Crippen molar-refractivity contribution in [2.24, 2.45) is 0 Å². The molecular formula is C16H16F19NO. The van der Waals surface area contributed by atoms with Crippen LogP contribution in [-0.4, -0.2) is 77.4 Å². The van der Waals surface area contributed by atoms with Crippen LogP contribution >= 0.6 is 0 Å². The topological polar surface area (TPSA) is 32.3 Å². The molecule has 0 bridgehead atoms. The van der Waals surface area contributed by atoms with Crippen LogP contribution in [0, 0.1) is 0 Å². The second kappa shape index (κ2) is 9.96. The molecule has 0 radical (unpaired) electrons. The van der Waals surface area contributed by atoms with Crippen molar-refractivity contribution in [3.63, 3.8) is 0 Å². The highest BCUT2D eigenvalue weighted by Crippen LogP contribution is 2.65. The molecule has 0 aromatic rings. The minimum absolute atomic E-state index is 0.185. The lowest BCUT2D eigenvalue weighted by molar-refractivity contribution is -0.469. The average molecular weight is 599 g/mol. The van der Waals surface area contributed by atoms with Gasteiger partial charge in [0.1, 0.15) is 0 Å². The van der Waals surface area contributed by atoms with Crippen LogP contribution < -0.4 is 5.32 Å². The summed E-state index contributed by atoms with van der Waals surface area (Å²) in [5, 5.41) is 11.4. The fourth-order valence-electron chi connectivity index (χ4n) is 2.37. The fraction of sp³-hybridized carbons (Fsp3) is 1.00. The van der Waals surface area contributed by atoms with Gasteiger partial charge in [0.05, 0.1) is 6.10 Å². The standard InChI is InChI=1S/C16H16F19NO/c1-3-6(2)36-5-7(37)4-8(17,18)9(19,20)10(21,22)11(23,24)12(25,26)13(27,28)14(29,30)15(31,32)16(33,34)35/h6-7,36-37H,3-5H2,1-2H3. The van der Waals surface area contributed by atoms with Gasteiger partial charge in [-0.2, -0.15) is 83.4 Å². The van der Waals surface area contributed by atoms with Gasteiger partial charge in [-0.3, -0.25) is 0 Å². The first-order chi connectivity index (χ1) is 15.8. The SMILES string of the molecule is CCC(C)NCC(O)CC(F)(F)C(F)(F)C(F)(F)C(F)(F)C(F)(F)C(F)(F)C(F)(F)C(F)(F)C(F)(F)F. The molecule has 0 rings (SSSR count). The molecule has 0 aliphatic heterocycles. The molecule has 0 aliphatic rings. The van der Waals surface area contributed by atoms with Crippen molar-refractivity contribution < 1.29 is 88.5 Å². The summed E-state index contributed by atoms with van der Waals surface area (Å²) < 4.78 is 251. The highest BCUT2D eigenvalue weighted by atomic mass is 19.4. The van der Waals surface area contributed by atoms with E-state index in [0.717, 1.165) is 0 Å². The van der Waals surface area contributed by atoms with E-state index in [2.05, 4.69) is 5.32 Å². The summed E-state index contributed by atoms with van der Waals surface area (Å²) in [4.78, 5) is 0. The molecule has 2 atom stereocenters. The Balaban J connectivity index is 6.57. The van der Waals surface area contributed by atoms with Crippen LogP contribution in [0.15, 0.2) is 0 Å². The van der Waals surface area contributed by atoms with Gasteiger partial charge in [0.2, 0.25) is 0 Å². The summed E-state index contributed by atoms with van der Waals surface area (Å²) in [7, 11) is 0. The third kappa shape index (κ3) is 5.39. The second-order valence-corrected chi connectivity index (χ2v) is 7.80. The highest BCUT2D eigenvalue weighted by Gasteiger charge is 2.96. The van der Waals surface area contributed by atoms with Crippen molar-refractivity contribution in [2.45, 2.75) is 92.4 Å². The van der Waals surface area contributed by atoms with Gasteiger partial charge in [-0.05, 0) is 13.3 Å². The summed E-state index contributed by atoms with van der Waals surface area (Å²) in [6, 6.07) is -0.660. The Kier molecular flexibility index (Phi) is 9.58. The van der Waals surface area contributed by atoms with E-state index < -0.39 is 78.7 Å². The number of hydrogen-bond donors (Lipinski definition) is 2. The molecule has 0 heterocycles. The van der Waals surface area contributed by atoms with Crippen LogP contribution in [0.4, 0.5) is 83.4 Å². The highest BCUT2D eigenvalue weighted by molar-refractivity contribution is 5.16. The third-order valence-electron chi connectivity index (χ3n) is 4.99. The molecule has 0 aliphatic carbocycles. The maximum absolute atomic E-state index is 13.7. The van der Waals surface area contributed by atoms with Gasteiger partial charge in [0.15, 0.2) is 0 Å². The van der Waals surface area contributed by atoms with E-state index >= 15 is 0 Å². The lowest BCUT2D eigenvalue weighted by Crippen LogP contribution is -2.75. The van der Waals surface area contributed by atoms with Crippen molar-refractivity contribution in [1.82, 2.24) is 5.32 Å². The lowest BCUT2D eigenvalue weighted by Gasteiger charge is -2.44. The smallest absolute Gasteiger partial charge is 0.392 e. The molecule has 37 heavy (non-hydrogen) atoms. The number of aliphatic hydroxyl groups excluding tert-OH is 1. The Bertz CT molecular complexity index is 775. The van der Waals surface area contributed by atoms with Gasteiger partial charge >= 0.3 is 53.6 Å². The molecule has 0 aromatic carbocycles. The van der Waals surface area contributed by atoms with Gasteiger partial charge in [0.25, 0.3) is 0 Å². The maximum atomic E-state index is 13.7. The Morgan fingerprint density at radius 3 is 1.14 bits per heavy atom. The molecule has 224 valence electrons. The lowest BCUT2D eigenvalue weighted by atomic mass is 9.86. The van der Waals surface area contributed by atoms with Gasteiger partial charge in [-0.15, -0.1) is 0 Å². The van der Waals surface area contributed by atoms with E-state index in [-0.39, 0.29) is 6.42 Å². The third-order valence-corrected chi connectivity index (χ3v) is 4.99. The molecule has 21 heteroatoms. The van der Waals surface area contributed by atoms with E-state index in [9.17, 15) is 88.5 Å². The van der Waals surface area contributed by atoms with Crippen LogP contribution in [0.2, 0.25) is 0 Å². The summed E-state index contributed by atoms with van der Waals surface area (Å²) in [6.45, 7) is 1.60. The first kappa shape index (κ1) is 35.6. The number of aliphatic hydroxyl groups is 1. The zero-order valence-corrected chi connectivity index (χ0v) is 17.9. The zero-order valence-electron chi connectivity index (χ0n) is 17.9. The molecule has 0 fully saturated rings. The Labute approximate surface area is 194 Å². The number of rotatable bonds is 13. The van der Waals surface area contributed by atoms with Crippen molar-refractivity contribution in [3.8, 4) is 0 Å². The average Bonchev–Trinajstić information content (AvgIpc) is 2.69.